The Hall–Kier alpha value is -1.77. The fourth-order valence-corrected chi connectivity index (χ4v) is 1.29. The molecule has 0 fully saturated rings. The largest absolute Gasteiger partial charge is 0.366 e. The van der Waals surface area contributed by atoms with Crippen LogP contribution in [0.2, 0.25) is 0 Å². The van der Waals surface area contributed by atoms with Gasteiger partial charge in [0.15, 0.2) is 23.3 Å². The van der Waals surface area contributed by atoms with E-state index in [-0.39, 0.29) is 5.92 Å². The van der Waals surface area contributed by atoms with E-state index in [9.17, 15) is 22.0 Å². The molecule has 1 aromatic carbocycles. The van der Waals surface area contributed by atoms with E-state index in [1.54, 1.807) is 13.8 Å². The predicted molar refractivity (Wildman–Crippen MR) is 57.3 cm³/mol. The highest BCUT2D eigenvalue weighted by molar-refractivity contribution is 5.49. The van der Waals surface area contributed by atoms with Gasteiger partial charge in [-0.15, -0.1) is 6.42 Å². The Bertz CT molecular complexity index is 475. The zero-order chi connectivity index (χ0) is 14.0. The van der Waals surface area contributed by atoms with Gasteiger partial charge in [0.05, 0.1) is 6.04 Å². The third kappa shape index (κ3) is 2.40. The number of rotatable bonds is 3. The summed E-state index contributed by atoms with van der Waals surface area (Å²) in [6, 6.07) is -0.849. The first-order chi connectivity index (χ1) is 8.31. The lowest BCUT2D eigenvalue weighted by Crippen LogP contribution is -2.25. The predicted octanol–water partition coefficient (Wildman–Crippen LogP) is 3.45. The topological polar surface area (TPSA) is 12.0 Å². The van der Waals surface area contributed by atoms with E-state index < -0.39 is 40.8 Å². The Morgan fingerprint density at radius 1 is 0.889 bits per heavy atom. The molecule has 0 radical (unpaired) electrons. The number of anilines is 1. The molecule has 6 heteroatoms. The monoisotopic (exact) mass is 263 g/mol. The maximum atomic E-state index is 13.3. The van der Waals surface area contributed by atoms with E-state index in [0.29, 0.717) is 0 Å². The van der Waals surface area contributed by atoms with E-state index >= 15 is 0 Å². The maximum Gasteiger partial charge on any atom is 0.200 e. The zero-order valence-corrected chi connectivity index (χ0v) is 9.62. The summed E-state index contributed by atoms with van der Waals surface area (Å²) in [5.41, 5.74) is -1.11. The van der Waals surface area contributed by atoms with Crippen LogP contribution in [0.1, 0.15) is 13.8 Å². The summed E-state index contributed by atoms with van der Waals surface area (Å²) in [5, 5.41) is 2.14. The number of terminal acetylenes is 1. The molecule has 1 N–H and O–H groups in total. The van der Waals surface area contributed by atoms with Crippen molar-refractivity contribution in [3.05, 3.63) is 29.1 Å². The van der Waals surface area contributed by atoms with Crippen LogP contribution in [0.4, 0.5) is 27.6 Å². The van der Waals surface area contributed by atoms with Crippen LogP contribution < -0.4 is 5.32 Å². The molecule has 1 nitrogen and oxygen atoms in total. The van der Waals surface area contributed by atoms with Crippen molar-refractivity contribution in [3.8, 4) is 12.3 Å². The first kappa shape index (κ1) is 14.3. The molecule has 0 saturated heterocycles. The van der Waals surface area contributed by atoms with Crippen molar-refractivity contribution in [2.45, 2.75) is 19.9 Å². The van der Waals surface area contributed by atoms with Gasteiger partial charge in [-0.25, -0.2) is 22.0 Å². The van der Waals surface area contributed by atoms with Gasteiger partial charge >= 0.3 is 0 Å². The van der Waals surface area contributed by atoms with Gasteiger partial charge < -0.3 is 5.32 Å². The summed E-state index contributed by atoms with van der Waals surface area (Å²) in [6.45, 7) is 3.28. The zero-order valence-electron chi connectivity index (χ0n) is 9.62. The molecule has 0 spiro atoms. The van der Waals surface area contributed by atoms with Gasteiger partial charge in [0.25, 0.3) is 0 Å². The molecule has 0 amide bonds. The molecule has 0 aliphatic rings. The summed E-state index contributed by atoms with van der Waals surface area (Å²) < 4.78 is 65.2. The minimum absolute atomic E-state index is 0.245. The summed E-state index contributed by atoms with van der Waals surface area (Å²) in [6.07, 6.45) is 5.11. The lowest BCUT2D eigenvalue weighted by Gasteiger charge is -2.19. The number of hydrogen-bond donors (Lipinski definition) is 1. The second-order valence-corrected chi connectivity index (χ2v) is 3.98. The van der Waals surface area contributed by atoms with Crippen molar-refractivity contribution in [2.75, 3.05) is 5.32 Å². The Morgan fingerprint density at radius 3 is 1.61 bits per heavy atom. The summed E-state index contributed by atoms with van der Waals surface area (Å²) in [7, 11) is 0. The fraction of sp³-hybridized carbons (Fsp3) is 0.333. The maximum absolute atomic E-state index is 13.3. The van der Waals surface area contributed by atoms with E-state index in [4.69, 9.17) is 6.42 Å². The van der Waals surface area contributed by atoms with Crippen LogP contribution >= 0.6 is 0 Å². The van der Waals surface area contributed by atoms with Crippen molar-refractivity contribution < 1.29 is 22.0 Å². The van der Waals surface area contributed by atoms with Crippen LogP contribution in [0.5, 0.6) is 0 Å². The lowest BCUT2D eigenvalue weighted by atomic mass is 10.0. The third-order valence-electron chi connectivity index (χ3n) is 2.36. The highest BCUT2D eigenvalue weighted by atomic mass is 19.2. The van der Waals surface area contributed by atoms with Crippen LogP contribution in [-0.4, -0.2) is 6.04 Å². The van der Waals surface area contributed by atoms with Crippen molar-refractivity contribution in [3.63, 3.8) is 0 Å². The second kappa shape index (κ2) is 5.25. The summed E-state index contributed by atoms with van der Waals surface area (Å²) in [4.78, 5) is 0. The standard InChI is InChI=1S/C12H10F5N/c1-4-6(5(2)3)18-12-10(16)8(14)7(13)9(15)11(12)17/h1,5-6,18H,2-3H3. The molecule has 1 rings (SSSR count). The van der Waals surface area contributed by atoms with Crippen molar-refractivity contribution in [1.82, 2.24) is 0 Å². The average Bonchev–Trinajstić information content (AvgIpc) is 2.34. The van der Waals surface area contributed by atoms with Crippen LogP contribution in [-0.2, 0) is 0 Å². The van der Waals surface area contributed by atoms with Gasteiger partial charge in [0.1, 0.15) is 5.69 Å². The van der Waals surface area contributed by atoms with Gasteiger partial charge in [-0.05, 0) is 5.92 Å². The SMILES string of the molecule is C#CC(Nc1c(F)c(F)c(F)c(F)c1F)C(C)C. The lowest BCUT2D eigenvalue weighted by molar-refractivity contribution is 0.380. The first-order valence-corrected chi connectivity index (χ1v) is 5.05. The Balaban J connectivity index is 3.30. The highest BCUT2D eigenvalue weighted by Crippen LogP contribution is 2.28. The molecule has 0 aliphatic heterocycles. The molecular formula is C12H10F5N. The van der Waals surface area contributed by atoms with Crippen molar-refractivity contribution in [1.29, 1.82) is 0 Å². The fourth-order valence-electron chi connectivity index (χ4n) is 1.29. The third-order valence-corrected chi connectivity index (χ3v) is 2.36. The van der Waals surface area contributed by atoms with Crippen molar-refractivity contribution in [2.24, 2.45) is 5.92 Å². The Morgan fingerprint density at radius 2 is 1.28 bits per heavy atom. The smallest absolute Gasteiger partial charge is 0.200 e. The normalized spacial score (nSPS) is 12.4. The quantitative estimate of drug-likeness (QED) is 0.381. The van der Waals surface area contributed by atoms with Gasteiger partial charge in [-0.3, -0.25) is 0 Å². The molecule has 0 aliphatic carbocycles. The minimum Gasteiger partial charge on any atom is -0.366 e. The van der Waals surface area contributed by atoms with E-state index in [1.807, 2.05) is 0 Å². The number of nitrogens with one attached hydrogen (secondary N) is 1. The first-order valence-electron chi connectivity index (χ1n) is 5.05. The van der Waals surface area contributed by atoms with E-state index in [1.165, 1.54) is 0 Å². The highest BCUT2D eigenvalue weighted by Gasteiger charge is 2.27. The second-order valence-electron chi connectivity index (χ2n) is 3.98. The molecular weight excluding hydrogens is 253 g/mol. The van der Waals surface area contributed by atoms with Gasteiger partial charge in [-0.2, -0.15) is 0 Å². The van der Waals surface area contributed by atoms with Crippen LogP contribution in [0.15, 0.2) is 0 Å². The number of hydrogen-bond acceptors (Lipinski definition) is 1. The molecule has 0 heterocycles. The Kier molecular flexibility index (Phi) is 4.17. The molecule has 98 valence electrons. The number of benzene rings is 1. The molecule has 18 heavy (non-hydrogen) atoms. The minimum atomic E-state index is -2.20. The van der Waals surface area contributed by atoms with Crippen LogP contribution in [0, 0.1) is 47.3 Å². The molecule has 0 bridgehead atoms. The van der Waals surface area contributed by atoms with Gasteiger partial charge in [0, 0.05) is 0 Å². The van der Waals surface area contributed by atoms with Crippen LogP contribution in [0.3, 0.4) is 0 Å². The Labute approximate surface area is 101 Å². The number of halogens is 5. The van der Waals surface area contributed by atoms with Gasteiger partial charge in [0.2, 0.25) is 5.82 Å². The van der Waals surface area contributed by atoms with Crippen LogP contribution in [0.25, 0.3) is 0 Å². The molecule has 1 aromatic rings. The van der Waals surface area contributed by atoms with E-state index in [0.717, 1.165) is 0 Å². The van der Waals surface area contributed by atoms with E-state index in [2.05, 4.69) is 11.2 Å². The molecule has 0 saturated carbocycles. The molecule has 1 unspecified atom stereocenters. The molecule has 1 atom stereocenters. The van der Waals surface area contributed by atoms with Crippen molar-refractivity contribution >= 4 is 5.69 Å². The summed E-state index contributed by atoms with van der Waals surface area (Å²) in [5.74, 6) is -8.12. The average molecular weight is 263 g/mol. The van der Waals surface area contributed by atoms with Gasteiger partial charge in [-0.1, -0.05) is 19.8 Å². The molecule has 0 aromatic heterocycles. The summed E-state index contributed by atoms with van der Waals surface area (Å²) >= 11 is 0.